The van der Waals surface area contributed by atoms with Gasteiger partial charge < -0.3 is 0 Å². The van der Waals surface area contributed by atoms with Gasteiger partial charge in [-0.2, -0.15) is 10.2 Å². The van der Waals surface area contributed by atoms with E-state index in [2.05, 4.69) is 47.7 Å². The highest BCUT2D eigenvalue weighted by molar-refractivity contribution is 5.40. The van der Waals surface area contributed by atoms with E-state index in [0.717, 1.165) is 17.0 Å². The fourth-order valence-electron chi connectivity index (χ4n) is 2.36. The lowest BCUT2D eigenvalue weighted by Crippen LogP contribution is -2.30. The molecule has 0 amide bonds. The van der Waals surface area contributed by atoms with Crippen LogP contribution in [0, 0.1) is 27.7 Å². The average molecular weight is 256 g/mol. The molecule has 3 N–H and O–H groups in total. The van der Waals surface area contributed by atoms with Gasteiger partial charge in [-0.3, -0.25) is 5.84 Å². The quantitative estimate of drug-likeness (QED) is 0.653. The lowest BCUT2D eigenvalue weighted by molar-refractivity contribution is 0.622. The molecule has 2 aromatic rings. The van der Waals surface area contributed by atoms with Crippen molar-refractivity contribution in [2.75, 3.05) is 0 Å². The number of nitrogens with zero attached hydrogens (tertiary/aromatic N) is 2. The molecule has 4 heteroatoms. The molecule has 0 fully saturated rings. The largest absolute Gasteiger partial charge is 0.271 e. The van der Waals surface area contributed by atoms with Crippen LogP contribution >= 0.6 is 0 Å². The normalized spacial score (nSPS) is 12.5. The van der Waals surface area contributed by atoms with Crippen LogP contribution in [0.5, 0.6) is 0 Å². The summed E-state index contributed by atoms with van der Waals surface area (Å²) in [7, 11) is 0. The van der Waals surface area contributed by atoms with Crippen LogP contribution in [-0.4, -0.2) is 10.2 Å². The number of hydrogen-bond acceptors (Lipinski definition) is 4. The number of rotatable bonds is 3. The van der Waals surface area contributed by atoms with E-state index in [1.165, 1.54) is 16.7 Å². The summed E-state index contributed by atoms with van der Waals surface area (Å²) in [6.45, 7) is 8.08. The molecule has 0 aliphatic rings. The summed E-state index contributed by atoms with van der Waals surface area (Å²) >= 11 is 0. The molecule has 1 aromatic carbocycles. The fourth-order valence-corrected chi connectivity index (χ4v) is 2.36. The highest BCUT2D eigenvalue weighted by atomic mass is 15.2. The average Bonchev–Trinajstić information content (AvgIpc) is 2.36. The zero-order valence-electron chi connectivity index (χ0n) is 11.9. The topological polar surface area (TPSA) is 63.8 Å². The summed E-state index contributed by atoms with van der Waals surface area (Å²) in [6, 6.07) is 8.35. The second kappa shape index (κ2) is 5.47. The van der Waals surface area contributed by atoms with Crippen molar-refractivity contribution < 1.29 is 0 Å². The monoisotopic (exact) mass is 256 g/mol. The minimum absolute atomic E-state index is 0.0604. The number of aryl methyl sites for hydroxylation is 4. The number of nitrogens with one attached hydrogen (secondary N) is 1. The van der Waals surface area contributed by atoms with Gasteiger partial charge in [-0.25, -0.2) is 5.43 Å². The summed E-state index contributed by atoms with van der Waals surface area (Å²) in [5.41, 5.74) is 9.39. The van der Waals surface area contributed by atoms with Crippen LogP contribution in [0.25, 0.3) is 0 Å². The molecule has 0 saturated carbocycles. The predicted molar refractivity (Wildman–Crippen MR) is 76.6 cm³/mol. The molecule has 100 valence electrons. The molecule has 1 aromatic heterocycles. The minimum Gasteiger partial charge on any atom is -0.271 e. The van der Waals surface area contributed by atoms with Crippen LogP contribution < -0.4 is 11.3 Å². The summed E-state index contributed by atoms with van der Waals surface area (Å²) in [5, 5.41) is 8.24. The zero-order chi connectivity index (χ0) is 14.0. The van der Waals surface area contributed by atoms with Gasteiger partial charge in [0, 0.05) is 0 Å². The molecule has 1 heterocycles. The third-order valence-electron chi connectivity index (χ3n) is 3.35. The van der Waals surface area contributed by atoms with E-state index in [-0.39, 0.29) is 6.04 Å². The first-order chi connectivity index (χ1) is 9.02. The van der Waals surface area contributed by atoms with Crippen molar-refractivity contribution in [2.24, 2.45) is 5.84 Å². The van der Waals surface area contributed by atoms with Crippen molar-refractivity contribution in [1.29, 1.82) is 0 Å². The van der Waals surface area contributed by atoms with Crippen molar-refractivity contribution in [2.45, 2.75) is 33.7 Å². The predicted octanol–water partition coefficient (Wildman–Crippen LogP) is 2.26. The van der Waals surface area contributed by atoms with Crippen molar-refractivity contribution >= 4 is 0 Å². The molecule has 0 aliphatic carbocycles. The number of nitrogens with two attached hydrogens (primary N) is 1. The standard InChI is InChI=1S/C15H20N4/c1-9-5-6-13(10(2)7-9)15(17-16)14-8-11(3)18-19-12(14)4/h5-8,15,17H,16H2,1-4H3. The molecule has 0 spiro atoms. The number of benzene rings is 1. The molecule has 2 rings (SSSR count). The minimum atomic E-state index is -0.0604. The van der Waals surface area contributed by atoms with Gasteiger partial charge in [0.05, 0.1) is 17.4 Å². The zero-order valence-corrected chi connectivity index (χ0v) is 11.9. The van der Waals surface area contributed by atoms with E-state index in [1.54, 1.807) is 0 Å². The van der Waals surface area contributed by atoms with Crippen LogP contribution in [0.1, 0.15) is 39.7 Å². The molecular formula is C15H20N4. The highest BCUT2D eigenvalue weighted by Crippen LogP contribution is 2.26. The molecule has 0 bridgehead atoms. The van der Waals surface area contributed by atoms with Gasteiger partial charge in [-0.1, -0.05) is 23.8 Å². The summed E-state index contributed by atoms with van der Waals surface area (Å²) in [5.74, 6) is 5.76. The summed E-state index contributed by atoms with van der Waals surface area (Å²) in [6.07, 6.45) is 0. The molecule has 1 atom stereocenters. The lowest BCUT2D eigenvalue weighted by atomic mass is 9.93. The van der Waals surface area contributed by atoms with Crippen LogP contribution in [0.2, 0.25) is 0 Å². The Morgan fingerprint density at radius 3 is 2.37 bits per heavy atom. The second-order valence-electron chi connectivity index (χ2n) is 4.99. The Labute approximate surface area is 114 Å². The molecule has 0 saturated heterocycles. The van der Waals surface area contributed by atoms with E-state index in [4.69, 9.17) is 5.84 Å². The Hall–Kier alpha value is -1.78. The van der Waals surface area contributed by atoms with E-state index in [9.17, 15) is 0 Å². The summed E-state index contributed by atoms with van der Waals surface area (Å²) < 4.78 is 0. The molecular weight excluding hydrogens is 236 g/mol. The van der Waals surface area contributed by atoms with Gasteiger partial charge in [0.15, 0.2) is 0 Å². The highest BCUT2D eigenvalue weighted by Gasteiger charge is 2.18. The Balaban J connectivity index is 2.52. The van der Waals surface area contributed by atoms with Gasteiger partial charge >= 0.3 is 0 Å². The Morgan fingerprint density at radius 1 is 1.00 bits per heavy atom. The van der Waals surface area contributed by atoms with E-state index in [0.29, 0.717) is 0 Å². The van der Waals surface area contributed by atoms with Crippen molar-refractivity contribution in [3.63, 3.8) is 0 Å². The Kier molecular flexibility index (Phi) is 3.93. The summed E-state index contributed by atoms with van der Waals surface area (Å²) in [4.78, 5) is 0. The Morgan fingerprint density at radius 2 is 1.74 bits per heavy atom. The van der Waals surface area contributed by atoms with Gasteiger partial charge in [-0.15, -0.1) is 0 Å². The maximum absolute atomic E-state index is 5.76. The maximum atomic E-state index is 5.76. The van der Waals surface area contributed by atoms with E-state index >= 15 is 0 Å². The fraction of sp³-hybridized carbons (Fsp3) is 0.333. The molecule has 19 heavy (non-hydrogen) atoms. The Bertz CT molecular complexity index is 593. The van der Waals surface area contributed by atoms with E-state index < -0.39 is 0 Å². The molecule has 0 aliphatic heterocycles. The third kappa shape index (κ3) is 2.80. The molecule has 0 radical (unpaired) electrons. The van der Waals surface area contributed by atoms with Gasteiger partial charge in [0.25, 0.3) is 0 Å². The van der Waals surface area contributed by atoms with Crippen molar-refractivity contribution in [3.05, 3.63) is 57.9 Å². The first-order valence-corrected chi connectivity index (χ1v) is 6.37. The first-order valence-electron chi connectivity index (χ1n) is 6.37. The number of hydrogen-bond donors (Lipinski definition) is 2. The number of aromatic nitrogens is 2. The number of hydrazine groups is 1. The second-order valence-corrected chi connectivity index (χ2v) is 4.99. The van der Waals surface area contributed by atoms with Crippen molar-refractivity contribution in [3.8, 4) is 0 Å². The maximum Gasteiger partial charge on any atom is 0.0731 e. The third-order valence-corrected chi connectivity index (χ3v) is 3.35. The van der Waals surface area contributed by atoms with Gasteiger partial charge in [0.2, 0.25) is 0 Å². The lowest BCUT2D eigenvalue weighted by Gasteiger charge is -2.20. The van der Waals surface area contributed by atoms with Gasteiger partial charge in [-0.05, 0) is 50.5 Å². The van der Waals surface area contributed by atoms with Crippen LogP contribution in [0.3, 0.4) is 0 Å². The molecule has 4 nitrogen and oxygen atoms in total. The van der Waals surface area contributed by atoms with Crippen LogP contribution in [-0.2, 0) is 0 Å². The SMILES string of the molecule is Cc1ccc(C(NN)c2cc(C)nnc2C)c(C)c1. The van der Waals surface area contributed by atoms with Crippen LogP contribution in [0.4, 0.5) is 0 Å². The van der Waals surface area contributed by atoms with Crippen LogP contribution in [0.15, 0.2) is 24.3 Å². The van der Waals surface area contributed by atoms with E-state index in [1.807, 2.05) is 19.9 Å². The van der Waals surface area contributed by atoms with Gasteiger partial charge in [0.1, 0.15) is 0 Å². The molecule has 1 unspecified atom stereocenters. The smallest absolute Gasteiger partial charge is 0.0731 e. The first kappa shape index (κ1) is 13.6. The van der Waals surface area contributed by atoms with Crippen molar-refractivity contribution in [1.82, 2.24) is 15.6 Å².